The number of benzene rings is 1. The van der Waals surface area contributed by atoms with Crippen LogP contribution in [0.2, 0.25) is 0 Å². The smallest absolute Gasteiger partial charge is 0.217 e. The number of carbonyl (C=O) groups excluding carboxylic acids is 1. The predicted molar refractivity (Wildman–Crippen MR) is 137 cm³/mol. The van der Waals surface area contributed by atoms with Crippen molar-refractivity contribution >= 4 is 11.6 Å². The molecule has 2 aromatic rings. The number of rotatable bonds is 10. The van der Waals surface area contributed by atoms with E-state index < -0.39 is 0 Å². The van der Waals surface area contributed by atoms with E-state index in [4.69, 9.17) is 18.9 Å². The highest BCUT2D eigenvalue weighted by Gasteiger charge is 2.29. The number of hydrogen-bond donors (Lipinski definition) is 2. The number of carbonyl (C=O) groups is 1. The largest absolute Gasteiger partial charge is 0.493 e. The Balaban J connectivity index is 2.14. The Morgan fingerprint density at radius 1 is 1.09 bits per heavy atom. The molecule has 0 aliphatic heterocycles. The van der Waals surface area contributed by atoms with Gasteiger partial charge in [-0.05, 0) is 68.0 Å². The summed E-state index contributed by atoms with van der Waals surface area (Å²) in [6.07, 6.45) is 2.23. The molecule has 0 radical (unpaired) electrons. The quantitative estimate of drug-likeness (QED) is 0.491. The molecule has 1 atom stereocenters. The number of anilines is 1. The fourth-order valence-electron chi connectivity index (χ4n) is 4.47. The number of ether oxygens (including phenoxy) is 4. The van der Waals surface area contributed by atoms with Crippen LogP contribution in [0.15, 0.2) is 29.1 Å². The zero-order valence-electron chi connectivity index (χ0n) is 21.4. The van der Waals surface area contributed by atoms with Crippen LogP contribution in [0.3, 0.4) is 0 Å². The fourth-order valence-corrected chi connectivity index (χ4v) is 4.47. The van der Waals surface area contributed by atoms with Gasteiger partial charge in [0.05, 0.1) is 39.2 Å². The first-order valence-electron chi connectivity index (χ1n) is 11.9. The van der Waals surface area contributed by atoms with E-state index in [0.29, 0.717) is 48.9 Å². The highest BCUT2D eigenvalue weighted by Crippen LogP contribution is 2.50. The lowest BCUT2D eigenvalue weighted by atomic mass is 9.95. The molecule has 0 saturated carbocycles. The Morgan fingerprint density at radius 3 is 2.46 bits per heavy atom. The van der Waals surface area contributed by atoms with Crippen molar-refractivity contribution < 1.29 is 23.7 Å². The van der Waals surface area contributed by atoms with Gasteiger partial charge in [0.15, 0.2) is 11.5 Å². The summed E-state index contributed by atoms with van der Waals surface area (Å²) < 4.78 is 22.6. The van der Waals surface area contributed by atoms with Gasteiger partial charge in [-0.25, -0.2) is 0 Å². The lowest BCUT2D eigenvalue weighted by Gasteiger charge is -2.19. The lowest BCUT2D eigenvalue weighted by molar-refractivity contribution is -0.119. The Labute approximate surface area is 206 Å². The maximum atomic E-state index is 13.2. The van der Waals surface area contributed by atoms with Crippen LogP contribution < -0.4 is 30.3 Å². The minimum atomic E-state index is -0.330. The minimum absolute atomic E-state index is 0.144. The van der Waals surface area contributed by atoms with Crippen molar-refractivity contribution in [1.29, 1.82) is 0 Å². The van der Waals surface area contributed by atoms with E-state index in [0.717, 1.165) is 28.7 Å². The molecular weight excluding hydrogens is 448 g/mol. The summed E-state index contributed by atoms with van der Waals surface area (Å²) in [5.41, 5.74) is 3.72. The van der Waals surface area contributed by atoms with Gasteiger partial charge >= 0.3 is 0 Å². The minimum Gasteiger partial charge on any atom is -0.493 e. The average molecular weight is 485 g/mol. The van der Waals surface area contributed by atoms with Crippen LogP contribution in [0.1, 0.15) is 50.8 Å². The molecule has 8 nitrogen and oxygen atoms in total. The molecule has 0 saturated heterocycles. The van der Waals surface area contributed by atoms with Crippen LogP contribution in [0.25, 0.3) is 11.1 Å². The van der Waals surface area contributed by atoms with Crippen LogP contribution in [-0.2, 0) is 16.0 Å². The number of methoxy groups -OCH3 is 3. The summed E-state index contributed by atoms with van der Waals surface area (Å²) in [4.78, 5) is 25.2. The summed E-state index contributed by atoms with van der Waals surface area (Å²) >= 11 is 0. The zero-order chi connectivity index (χ0) is 25.5. The van der Waals surface area contributed by atoms with Crippen molar-refractivity contribution in [3.8, 4) is 28.4 Å². The van der Waals surface area contributed by atoms with Crippen molar-refractivity contribution in [2.75, 3.05) is 39.8 Å². The van der Waals surface area contributed by atoms with Crippen LogP contribution >= 0.6 is 0 Å². The van der Waals surface area contributed by atoms with Crippen molar-refractivity contribution in [2.24, 2.45) is 0 Å². The number of fused-ring (bicyclic) bond motifs is 3. The van der Waals surface area contributed by atoms with E-state index in [1.165, 1.54) is 6.92 Å². The van der Waals surface area contributed by atoms with E-state index in [1.54, 1.807) is 33.5 Å². The average Bonchev–Trinajstić information content (AvgIpc) is 3.06. The van der Waals surface area contributed by atoms with Gasteiger partial charge < -0.3 is 29.6 Å². The number of aryl methyl sites for hydroxylation is 1. The molecule has 35 heavy (non-hydrogen) atoms. The summed E-state index contributed by atoms with van der Waals surface area (Å²) in [5, 5.41) is 6.26. The number of hydrogen-bond acceptors (Lipinski definition) is 7. The normalized spacial score (nSPS) is 14.4. The van der Waals surface area contributed by atoms with Crippen molar-refractivity contribution in [1.82, 2.24) is 5.32 Å². The SMILES string of the molecule is COc1cc2c(c(OC)c1OC)-c1ccc(NCCCOC(C)C)c(=O)cc1[C@@H](NC(C)=O)CC2. The summed E-state index contributed by atoms with van der Waals surface area (Å²) in [6, 6.07) is 6.94. The van der Waals surface area contributed by atoms with Crippen LogP contribution in [0.4, 0.5) is 5.69 Å². The zero-order valence-corrected chi connectivity index (χ0v) is 21.4. The summed E-state index contributed by atoms with van der Waals surface area (Å²) in [6.45, 7) is 6.70. The second-order valence-corrected chi connectivity index (χ2v) is 8.80. The summed E-state index contributed by atoms with van der Waals surface area (Å²) in [5.74, 6) is 1.43. The first-order chi connectivity index (χ1) is 16.8. The molecule has 2 aromatic carbocycles. The molecule has 0 unspecified atom stereocenters. The van der Waals surface area contributed by atoms with Gasteiger partial charge in [0.25, 0.3) is 0 Å². The van der Waals surface area contributed by atoms with Crippen LogP contribution in [-0.4, -0.2) is 46.5 Å². The lowest BCUT2D eigenvalue weighted by Crippen LogP contribution is -2.26. The molecule has 1 aliphatic carbocycles. The van der Waals surface area contributed by atoms with Crippen LogP contribution in [0.5, 0.6) is 17.2 Å². The molecular formula is C27H36N2O6. The highest BCUT2D eigenvalue weighted by atomic mass is 16.5. The van der Waals surface area contributed by atoms with E-state index in [-0.39, 0.29) is 23.5 Å². The molecule has 0 aromatic heterocycles. The molecule has 0 fully saturated rings. The molecule has 1 amide bonds. The third kappa shape index (κ3) is 6.06. The molecule has 190 valence electrons. The Kier molecular flexibility index (Phi) is 8.98. The van der Waals surface area contributed by atoms with Crippen molar-refractivity contribution in [2.45, 2.75) is 52.2 Å². The Morgan fingerprint density at radius 2 is 1.83 bits per heavy atom. The molecule has 0 spiro atoms. The predicted octanol–water partition coefficient (Wildman–Crippen LogP) is 4.09. The molecule has 3 rings (SSSR count). The third-order valence-corrected chi connectivity index (χ3v) is 6.00. The van der Waals surface area contributed by atoms with Gasteiger partial charge in [-0.2, -0.15) is 0 Å². The first-order valence-corrected chi connectivity index (χ1v) is 11.9. The number of nitrogens with one attached hydrogen (secondary N) is 2. The Bertz CT molecular complexity index is 1120. The summed E-state index contributed by atoms with van der Waals surface area (Å²) in [7, 11) is 4.74. The molecule has 8 heteroatoms. The molecule has 1 aliphatic rings. The topological polar surface area (TPSA) is 95.1 Å². The van der Waals surface area contributed by atoms with E-state index in [9.17, 15) is 9.59 Å². The van der Waals surface area contributed by atoms with Gasteiger partial charge in [-0.15, -0.1) is 0 Å². The Hall–Kier alpha value is -3.26. The number of amides is 1. The van der Waals surface area contributed by atoms with Gasteiger partial charge in [-0.3, -0.25) is 9.59 Å². The standard InChI is InChI=1S/C27H36N2O6/c1-16(2)35-13-7-12-28-22-11-9-19-20(15-23(22)31)21(29-17(3)30)10-8-18-14-24(32-4)26(33-5)27(34-6)25(18)19/h9,11,14-16,21H,7-8,10,12-13H2,1-6H3,(H,28,31)(H,29,30)/t21-/m0/s1. The third-order valence-electron chi connectivity index (χ3n) is 6.00. The highest BCUT2D eigenvalue weighted by molar-refractivity contribution is 5.83. The fraction of sp³-hybridized carbons (Fsp3) is 0.481. The van der Waals surface area contributed by atoms with E-state index in [2.05, 4.69) is 10.6 Å². The second-order valence-electron chi connectivity index (χ2n) is 8.80. The van der Waals surface area contributed by atoms with Crippen LogP contribution in [0, 0.1) is 0 Å². The van der Waals surface area contributed by atoms with E-state index in [1.807, 2.05) is 26.0 Å². The van der Waals surface area contributed by atoms with Crippen molar-refractivity contribution in [3.63, 3.8) is 0 Å². The first kappa shape index (κ1) is 26.3. The monoisotopic (exact) mass is 484 g/mol. The molecule has 0 heterocycles. The van der Waals surface area contributed by atoms with E-state index >= 15 is 0 Å². The van der Waals surface area contributed by atoms with Gasteiger partial charge in [0.2, 0.25) is 17.1 Å². The van der Waals surface area contributed by atoms with Crippen molar-refractivity contribution in [3.05, 3.63) is 45.6 Å². The maximum absolute atomic E-state index is 13.2. The second kappa shape index (κ2) is 11.9. The van der Waals surface area contributed by atoms with Gasteiger partial charge in [0, 0.05) is 25.6 Å². The molecule has 0 bridgehead atoms. The van der Waals surface area contributed by atoms with Gasteiger partial charge in [0.1, 0.15) is 0 Å². The van der Waals surface area contributed by atoms with Gasteiger partial charge in [-0.1, -0.05) is 6.07 Å². The maximum Gasteiger partial charge on any atom is 0.217 e. The molecule has 2 N–H and O–H groups in total.